The maximum Gasteiger partial charge on any atom is 0.401 e. The molecular weight excluding hydrogens is 297 g/mol. The Kier molecular flexibility index (Phi) is 6.25. The standard InChI is InChI=1S/C15H25F3N2S/c1-11(2)20(10-15(16,17)18)9-13-7-6-12(21-13)8-19-14(3,4)5/h6-7,11,19H,8-10H2,1-5H3. The van der Waals surface area contributed by atoms with Crippen molar-refractivity contribution in [3.63, 3.8) is 0 Å². The van der Waals surface area contributed by atoms with Crippen LogP contribution >= 0.6 is 11.3 Å². The summed E-state index contributed by atoms with van der Waals surface area (Å²) in [5, 5.41) is 3.38. The van der Waals surface area contributed by atoms with Crippen molar-refractivity contribution >= 4 is 11.3 Å². The van der Waals surface area contributed by atoms with E-state index < -0.39 is 12.7 Å². The van der Waals surface area contributed by atoms with E-state index in [1.807, 2.05) is 12.1 Å². The van der Waals surface area contributed by atoms with Crippen LogP contribution in [0.25, 0.3) is 0 Å². The van der Waals surface area contributed by atoms with Crippen molar-refractivity contribution in [2.45, 2.75) is 65.5 Å². The maximum absolute atomic E-state index is 12.6. The number of alkyl halides is 3. The van der Waals surface area contributed by atoms with Crippen molar-refractivity contribution in [1.29, 1.82) is 0 Å². The zero-order chi connectivity index (χ0) is 16.3. The molecule has 2 nitrogen and oxygen atoms in total. The Morgan fingerprint density at radius 1 is 1.14 bits per heavy atom. The fourth-order valence-corrected chi connectivity index (χ4v) is 2.79. The molecule has 0 unspecified atom stereocenters. The molecule has 0 radical (unpaired) electrons. The first-order valence-electron chi connectivity index (χ1n) is 7.10. The van der Waals surface area contributed by atoms with E-state index in [-0.39, 0.29) is 11.6 Å². The van der Waals surface area contributed by atoms with Gasteiger partial charge in [0, 0.05) is 34.4 Å². The van der Waals surface area contributed by atoms with Crippen LogP contribution in [0.2, 0.25) is 0 Å². The second-order valence-corrected chi connectivity index (χ2v) is 7.84. The van der Waals surface area contributed by atoms with Gasteiger partial charge in [-0.05, 0) is 46.8 Å². The smallest absolute Gasteiger partial charge is 0.307 e. The van der Waals surface area contributed by atoms with E-state index in [2.05, 4.69) is 26.1 Å². The Balaban J connectivity index is 2.63. The van der Waals surface area contributed by atoms with Gasteiger partial charge in [-0.2, -0.15) is 13.2 Å². The summed E-state index contributed by atoms with van der Waals surface area (Å²) in [4.78, 5) is 3.57. The number of nitrogens with one attached hydrogen (secondary N) is 1. The molecule has 0 saturated carbocycles. The second kappa shape index (κ2) is 7.11. The SMILES string of the molecule is CC(C)N(Cc1ccc(CNC(C)(C)C)s1)CC(F)(F)F. The van der Waals surface area contributed by atoms with Gasteiger partial charge in [-0.1, -0.05) is 0 Å². The quantitative estimate of drug-likeness (QED) is 0.834. The number of rotatable bonds is 6. The summed E-state index contributed by atoms with van der Waals surface area (Å²) in [6, 6.07) is 3.78. The number of thiophene rings is 1. The highest BCUT2D eigenvalue weighted by Crippen LogP contribution is 2.23. The minimum absolute atomic E-state index is 0.0321. The maximum atomic E-state index is 12.6. The normalized spacial score (nSPS) is 13.4. The number of hydrogen-bond donors (Lipinski definition) is 1. The van der Waals surface area contributed by atoms with Crippen LogP contribution in [0.4, 0.5) is 13.2 Å². The summed E-state index contributed by atoms with van der Waals surface area (Å²) in [6.07, 6.45) is -4.15. The van der Waals surface area contributed by atoms with E-state index in [0.717, 1.165) is 16.3 Å². The fraction of sp³-hybridized carbons (Fsp3) is 0.733. The van der Waals surface area contributed by atoms with Crippen LogP contribution in [-0.4, -0.2) is 29.2 Å². The van der Waals surface area contributed by atoms with Crippen LogP contribution in [0.3, 0.4) is 0 Å². The minimum atomic E-state index is -4.15. The summed E-state index contributed by atoms with van der Waals surface area (Å²) in [6.45, 7) is 10.1. The molecule has 122 valence electrons. The third-order valence-electron chi connectivity index (χ3n) is 2.98. The number of nitrogens with zero attached hydrogens (tertiary/aromatic N) is 1. The van der Waals surface area contributed by atoms with Crippen molar-refractivity contribution in [1.82, 2.24) is 10.2 Å². The Morgan fingerprint density at radius 2 is 1.71 bits per heavy atom. The molecule has 0 aliphatic rings. The van der Waals surface area contributed by atoms with Gasteiger partial charge in [0.1, 0.15) is 0 Å². The average molecular weight is 322 g/mol. The van der Waals surface area contributed by atoms with Gasteiger partial charge >= 0.3 is 6.18 Å². The monoisotopic (exact) mass is 322 g/mol. The fourth-order valence-electron chi connectivity index (χ4n) is 1.81. The Morgan fingerprint density at radius 3 is 2.19 bits per heavy atom. The van der Waals surface area contributed by atoms with Gasteiger partial charge in [-0.3, -0.25) is 4.90 Å². The van der Waals surface area contributed by atoms with Crippen LogP contribution in [0, 0.1) is 0 Å². The molecule has 6 heteroatoms. The van der Waals surface area contributed by atoms with E-state index in [1.165, 1.54) is 4.90 Å². The minimum Gasteiger partial charge on any atom is -0.307 e. The molecule has 1 aromatic rings. The van der Waals surface area contributed by atoms with Gasteiger partial charge in [-0.25, -0.2) is 0 Å². The van der Waals surface area contributed by atoms with Gasteiger partial charge in [0.05, 0.1) is 6.54 Å². The number of hydrogen-bond acceptors (Lipinski definition) is 3. The lowest BCUT2D eigenvalue weighted by Crippen LogP contribution is -2.38. The molecule has 0 aliphatic carbocycles. The topological polar surface area (TPSA) is 15.3 Å². The molecule has 1 heterocycles. The summed E-state index contributed by atoms with van der Waals surface area (Å²) in [5.41, 5.74) is 0.0321. The second-order valence-electron chi connectivity index (χ2n) is 6.59. The number of halogens is 3. The summed E-state index contributed by atoms with van der Waals surface area (Å²) >= 11 is 1.57. The molecule has 0 saturated heterocycles. The summed E-state index contributed by atoms with van der Waals surface area (Å²) < 4.78 is 37.7. The molecule has 0 aliphatic heterocycles. The predicted molar refractivity (Wildman–Crippen MR) is 82.5 cm³/mol. The van der Waals surface area contributed by atoms with Crippen LogP contribution in [0.15, 0.2) is 12.1 Å². The summed E-state index contributed by atoms with van der Waals surface area (Å²) in [7, 11) is 0. The molecule has 1 rings (SSSR count). The van der Waals surface area contributed by atoms with E-state index in [4.69, 9.17) is 0 Å². The van der Waals surface area contributed by atoms with Gasteiger partial charge in [0.2, 0.25) is 0 Å². The van der Waals surface area contributed by atoms with E-state index in [1.54, 1.807) is 25.2 Å². The predicted octanol–water partition coefficient (Wildman–Crippen LogP) is 4.41. The van der Waals surface area contributed by atoms with Crippen molar-refractivity contribution < 1.29 is 13.2 Å². The van der Waals surface area contributed by atoms with Gasteiger partial charge < -0.3 is 5.32 Å². The first kappa shape index (κ1) is 18.5. The first-order chi connectivity index (χ1) is 9.46. The van der Waals surface area contributed by atoms with E-state index in [9.17, 15) is 13.2 Å². The molecule has 0 atom stereocenters. The molecule has 0 bridgehead atoms. The highest BCUT2D eigenvalue weighted by molar-refractivity contribution is 7.11. The highest BCUT2D eigenvalue weighted by atomic mass is 32.1. The largest absolute Gasteiger partial charge is 0.401 e. The lowest BCUT2D eigenvalue weighted by atomic mass is 10.1. The molecule has 1 N–H and O–H groups in total. The Bertz CT molecular complexity index is 433. The first-order valence-corrected chi connectivity index (χ1v) is 7.91. The van der Waals surface area contributed by atoms with Gasteiger partial charge in [-0.15, -0.1) is 11.3 Å². The van der Waals surface area contributed by atoms with Crippen molar-refractivity contribution in [2.75, 3.05) is 6.54 Å². The van der Waals surface area contributed by atoms with Crippen LogP contribution in [0.1, 0.15) is 44.4 Å². The molecule has 21 heavy (non-hydrogen) atoms. The third-order valence-corrected chi connectivity index (χ3v) is 4.05. The Labute approximate surface area is 129 Å². The van der Waals surface area contributed by atoms with Crippen molar-refractivity contribution in [3.8, 4) is 0 Å². The van der Waals surface area contributed by atoms with Crippen molar-refractivity contribution in [3.05, 3.63) is 21.9 Å². The molecule has 0 aromatic carbocycles. The molecular formula is C15H25F3N2S. The van der Waals surface area contributed by atoms with E-state index >= 15 is 0 Å². The molecule has 0 amide bonds. The Hall–Kier alpha value is -0.590. The zero-order valence-corrected chi connectivity index (χ0v) is 14.2. The zero-order valence-electron chi connectivity index (χ0n) is 13.3. The van der Waals surface area contributed by atoms with Crippen LogP contribution in [-0.2, 0) is 13.1 Å². The molecule has 0 fully saturated rings. The highest BCUT2D eigenvalue weighted by Gasteiger charge is 2.31. The summed E-state index contributed by atoms with van der Waals surface area (Å²) in [5.74, 6) is 0. The lowest BCUT2D eigenvalue weighted by Gasteiger charge is -2.26. The molecule has 1 aromatic heterocycles. The molecule has 0 spiro atoms. The van der Waals surface area contributed by atoms with Crippen LogP contribution in [0.5, 0.6) is 0 Å². The van der Waals surface area contributed by atoms with Gasteiger partial charge in [0.15, 0.2) is 0 Å². The third kappa shape index (κ3) is 7.83. The van der Waals surface area contributed by atoms with Crippen LogP contribution < -0.4 is 5.32 Å². The van der Waals surface area contributed by atoms with E-state index in [0.29, 0.717) is 6.54 Å². The average Bonchev–Trinajstić information content (AvgIpc) is 2.70. The lowest BCUT2D eigenvalue weighted by molar-refractivity contribution is -0.150. The van der Waals surface area contributed by atoms with Crippen molar-refractivity contribution in [2.24, 2.45) is 0 Å². The van der Waals surface area contributed by atoms with Gasteiger partial charge in [0.25, 0.3) is 0 Å².